The quantitative estimate of drug-likeness (QED) is 0.723. The lowest BCUT2D eigenvalue weighted by Gasteiger charge is -2.08. The Morgan fingerprint density at radius 3 is 2.46 bits per heavy atom. The third kappa shape index (κ3) is 2.81. The summed E-state index contributed by atoms with van der Waals surface area (Å²) in [6, 6.07) is 7.59. The zero-order valence-corrected chi connectivity index (χ0v) is 7.73. The fourth-order valence-electron chi connectivity index (χ4n) is 1.14. The summed E-state index contributed by atoms with van der Waals surface area (Å²) >= 11 is 0. The largest absolute Gasteiger partial charge is 0.387 e. The molecule has 1 aromatic rings. The summed E-state index contributed by atoms with van der Waals surface area (Å²) in [5, 5.41) is 9.39. The van der Waals surface area contributed by atoms with Crippen LogP contribution in [0.3, 0.4) is 0 Å². The molecule has 0 bridgehead atoms. The molecule has 1 aromatic carbocycles. The van der Waals surface area contributed by atoms with E-state index in [0.717, 1.165) is 11.1 Å². The van der Waals surface area contributed by atoms with Gasteiger partial charge >= 0.3 is 0 Å². The van der Waals surface area contributed by atoms with Crippen LogP contribution in [0.5, 0.6) is 0 Å². The summed E-state index contributed by atoms with van der Waals surface area (Å²) in [5.41, 5.74) is 7.27. The molecule has 1 atom stereocenters. The molecule has 0 amide bonds. The molecule has 0 spiro atoms. The lowest BCUT2D eigenvalue weighted by molar-refractivity contribution is 0.182. The van der Waals surface area contributed by atoms with Gasteiger partial charge in [-0.05, 0) is 11.1 Å². The van der Waals surface area contributed by atoms with Crippen molar-refractivity contribution in [2.24, 2.45) is 5.73 Å². The van der Waals surface area contributed by atoms with Gasteiger partial charge in [-0.2, -0.15) is 0 Å². The summed E-state index contributed by atoms with van der Waals surface area (Å²) in [7, 11) is 1.66. The summed E-state index contributed by atoms with van der Waals surface area (Å²) in [6.07, 6.45) is -0.559. The predicted molar refractivity (Wildman–Crippen MR) is 51.2 cm³/mol. The highest BCUT2D eigenvalue weighted by Crippen LogP contribution is 2.12. The molecule has 72 valence electrons. The van der Waals surface area contributed by atoms with E-state index in [4.69, 9.17) is 10.5 Å². The fourth-order valence-corrected chi connectivity index (χ4v) is 1.14. The number of aliphatic hydroxyl groups is 1. The van der Waals surface area contributed by atoms with Crippen LogP contribution in [0, 0.1) is 0 Å². The number of aliphatic hydroxyl groups excluding tert-OH is 1. The monoisotopic (exact) mass is 181 g/mol. The summed E-state index contributed by atoms with van der Waals surface area (Å²) in [6.45, 7) is 0.850. The average molecular weight is 181 g/mol. The minimum atomic E-state index is -0.559. The van der Waals surface area contributed by atoms with Gasteiger partial charge < -0.3 is 15.6 Å². The van der Waals surface area contributed by atoms with Gasteiger partial charge in [0.25, 0.3) is 0 Å². The van der Waals surface area contributed by atoms with Crippen molar-refractivity contribution in [2.45, 2.75) is 12.7 Å². The molecule has 0 fully saturated rings. The van der Waals surface area contributed by atoms with Gasteiger partial charge in [0.2, 0.25) is 0 Å². The Kier molecular flexibility index (Phi) is 3.89. The molecule has 0 aliphatic rings. The SMILES string of the molecule is COCc1ccc([C@@H](O)CN)cc1. The topological polar surface area (TPSA) is 55.5 Å². The maximum Gasteiger partial charge on any atom is 0.0912 e. The Morgan fingerprint density at radius 1 is 1.38 bits per heavy atom. The number of benzene rings is 1. The molecule has 3 N–H and O–H groups in total. The molecule has 1 rings (SSSR count). The second-order valence-electron chi connectivity index (χ2n) is 2.93. The van der Waals surface area contributed by atoms with Crippen LogP contribution < -0.4 is 5.73 Å². The highest BCUT2D eigenvalue weighted by atomic mass is 16.5. The Morgan fingerprint density at radius 2 is 2.00 bits per heavy atom. The van der Waals surface area contributed by atoms with Gasteiger partial charge in [-0.3, -0.25) is 0 Å². The Balaban J connectivity index is 2.69. The van der Waals surface area contributed by atoms with E-state index < -0.39 is 6.10 Å². The van der Waals surface area contributed by atoms with Crippen LogP contribution in [0.15, 0.2) is 24.3 Å². The first kappa shape index (κ1) is 10.2. The first-order valence-corrected chi connectivity index (χ1v) is 4.24. The molecule has 3 nitrogen and oxygen atoms in total. The van der Waals surface area contributed by atoms with Crippen molar-refractivity contribution in [3.63, 3.8) is 0 Å². The molecule has 0 saturated heterocycles. The standard InChI is InChI=1S/C10H15NO2/c1-13-7-8-2-4-9(5-3-8)10(12)6-11/h2-5,10,12H,6-7,11H2,1H3/t10-/m0/s1. The molecular weight excluding hydrogens is 166 g/mol. The van der Waals surface area contributed by atoms with Crippen molar-refractivity contribution in [2.75, 3.05) is 13.7 Å². The number of methoxy groups -OCH3 is 1. The lowest BCUT2D eigenvalue weighted by atomic mass is 10.1. The average Bonchev–Trinajstić information content (AvgIpc) is 2.18. The third-order valence-corrected chi connectivity index (χ3v) is 1.90. The second kappa shape index (κ2) is 4.97. The fraction of sp³-hybridized carbons (Fsp3) is 0.400. The lowest BCUT2D eigenvalue weighted by Crippen LogP contribution is -2.11. The number of ether oxygens (including phenoxy) is 1. The molecule has 3 heteroatoms. The molecule has 13 heavy (non-hydrogen) atoms. The second-order valence-corrected chi connectivity index (χ2v) is 2.93. The van der Waals surface area contributed by atoms with E-state index >= 15 is 0 Å². The summed E-state index contributed by atoms with van der Waals surface area (Å²) in [5.74, 6) is 0. The van der Waals surface area contributed by atoms with Gasteiger partial charge in [-0.1, -0.05) is 24.3 Å². The number of hydrogen-bond acceptors (Lipinski definition) is 3. The Hall–Kier alpha value is -0.900. The van der Waals surface area contributed by atoms with Crippen molar-refractivity contribution in [1.82, 2.24) is 0 Å². The molecule has 0 aliphatic heterocycles. The first-order valence-electron chi connectivity index (χ1n) is 4.24. The smallest absolute Gasteiger partial charge is 0.0912 e. The molecule has 0 saturated carbocycles. The number of hydrogen-bond donors (Lipinski definition) is 2. The van der Waals surface area contributed by atoms with Gasteiger partial charge in [0, 0.05) is 13.7 Å². The van der Waals surface area contributed by atoms with Crippen molar-refractivity contribution >= 4 is 0 Å². The van der Waals surface area contributed by atoms with Crippen LogP contribution in [0.1, 0.15) is 17.2 Å². The van der Waals surface area contributed by atoms with E-state index in [0.29, 0.717) is 6.61 Å². The Bertz CT molecular complexity index is 246. The van der Waals surface area contributed by atoms with Crippen LogP contribution in [-0.2, 0) is 11.3 Å². The van der Waals surface area contributed by atoms with Gasteiger partial charge in [0.15, 0.2) is 0 Å². The van der Waals surface area contributed by atoms with E-state index in [2.05, 4.69) is 0 Å². The van der Waals surface area contributed by atoms with E-state index in [1.807, 2.05) is 24.3 Å². The minimum Gasteiger partial charge on any atom is -0.387 e. The molecular formula is C10H15NO2. The predicted octanol–water partition coefficient (Wildman–Crippen LogP) is 0.825. The summed E-state index contributed by atoms with van der Waals surface area (Å²) < 4.78 is 4.97. The molecule has 0 unspecified atom stereocenters. The molecule has 0 heterocycles. The van der Waals surface area contributed by atoms with Gasteiger partial charge in [-0.15, -0.1) is 0 Å². The van der Waals surface area contributed by atoms with Crippen molar-refractivity contribution in [3.05, 3.63) is 35.4 Å². The van der Waals surface area contributed by atoms with Crippen molar-refractivity contribution < 1.29 is 9.84 Å². The maximum atomic E-state index is 9.39. The zero-order chi connectivity index (χ0) is 9.68. The maximum absolute atomic E-state index is 9.39. The van der Waals surface area contributed by atoms with Crippen LogP contribution in [-0.4, -0.2) is 18.8 Å². The van der Waals surface area contributed by atoms with E-state index in [1.165, 1.54) is 0 Å². The van der Waals surface area contributed by atoms with Crippen molar-refractivity contribution in [3.8, 4) is 0 Å². The van der Waals surface area contributed by atoms with Crippen LogP contribution in [0.4, 0.5) is 0 Å². The van der Waals surface area contributed by atoms with Crippen LogP contribution in [0.2, 0.25) is 0 Å². The zero-order valence-electron chi connectivity index (χ0n) is 7.73. The van der Waals surface area contributed by atoms with Gasteiger partial charge in [0.05, 0.1) is 12.7 Å². The Labute approximate surface area is 78.1 Å². The van der Waals surface area contributed by atoms with Crippen LogP contribution >= 0.6 is 0 Å². The highest BCUT2D eigenvalue weighted by Gasteiger charge is 2.03. The van der Waals surface area contributed by atoms with Crippen molar-refractivity contribution in [1.29, 1.82) is 0 Å². The van der Waals surface area contributed by atoms with Gasteiger partial charge in [-0.25, -0.2) is 0 Å². The highest BCUT2D eigenvalue weighted by molar-refractivity contribution is 5.23. The molecule has 0 aromatic heterocycles. The first-order chi connectivity index (χ1) is 6.27. The molecule has 0 aliphatic carbocycles. The number of rotatable bonds is 4. The normalized spacial score (nSPS) is 12.8. The molecule has 0 radical (unpaired) electrons. The van der Waals surface area contributed by atoms with Gasteiger partial charge in [0.1, 0.15) is 0 Å². The van der Waals surface area contributed by atoms with E-state index in [9.17, 15) is 5.11 Å². The summed E-state index contributed by atoms with van der Waals surface area (Å²) in [4.78, 5) is 0. The third-order valence-electron chi connectivity index (χ3n) is 1.90. The number of nitrogens with two attached hydrogens (primary N) is 1. The minimum absolute atomic E-state index is 0.254. The van der Waals surface area contributed by atoms with Crippen LogP contribution in [0.25, 0.3) is 0 Å². The van der Waals surface area contributed by atoms with E-state index in [-0.39, 0.29) is 6.54 Å². The van der Waals surface area contributed by atoms with E-state index in [1.54, 1.807) is 7.11 Å².